The summed E-state index contributed by atoms with van der Waals surface area (Å²) in [5.74, 6) is 0.672. The van der Waals surface area contributed by atoms with E-state index in [1.165, 1.54) is 5.56 Å². The van der Waals surface area contributed by atoms with Crippen molar-refractivity contribution in [2.24, 2.45) is 4.99 Å². The van der Waals surface area contributed by atoms with Crippen LogP contribution in [-0.2, 0) is 11.4 Å². The maximum Gasteiger partial charge on any atom is 0.220 e. The first-order chi connectivity index (χ1) is 6.90. The molecule has 2 N–H and O–H groups in total. The van der Waals surface area contributed by atoms with Crippen LogP contribution >= 0.6 is 0 Å². The van der Waals surface area contributed by atoms with Crippen LogP contribution in [0.3, 0.4) is 0 Å². The third-order valence-electron chi connectivity index (χ3n) is 1.99. The second-order valence-electron chi connectivity index (χ2n) is 2.98. The predicted molar refractivity (Wildman–Crippen MR) is 56.0 cm³/mol. The van der Waals surface area contributed by atoms with Crippen molar-refractivity contribution in [1.29, 1.82) is 0 Å². The van der Waals surface area contributed by atoms with E-state index in [0.29, 0.717) is 19.1 Å². The lowest BCUT2D eigenvalue weighted by Gasteiger charge is -2.18. The first-order valence-corrected chi connectivity index (χ1v) is 4.67. The Morgan fingerprint density at radius 2 is 2.36 bits per heavy atom. The molecule has 14 heavy (non-hydrogen) atoms. The van der Waals surface area contributed by atoms with E-state index >= 15 is 0 Å². The Morgan fingerprint density at radius 1 is 1.50 bits per heavy atom. The Hall–Kier alpha value is -1.55. The van der Waals surface area contributed by atoms with Crippen LogP contribution in [-0.4, -0.2) is 12.6 Å². The van der Waals surface area contributed by atoms with Crippen LogP contribution in [0.4, 0.5) is 5.69 Å². The van der Waals surface area contributed by atoms with Gasteiger partial charge < -0.3 is 5.32 Å². The average molecular weight is 191 g/mol. The molecule has 2 rings (SSSR count). The predicted octanol–water partition coefficient (Wildman–Crippen LogP) is 1.51. The van der Waals surface area contributed by atoms with Gasteiger partial charge in [-0.15, -0.1) is 0 Å². The van der Waals surface area contributed by atoms with Gasteiger partial charge in [0.25, 0.3) is 0 Å². The number of hydrogen-bond donors (Lipinski definition) is 2. The number of aliphatic imine (C=N–C) groups is 1. The highest BCUT2D eigenvalue weighted by molar-refractivity contribution is 5.95. The quantitative estimate of drug-likeness (QED) is 0.696. The second-order valence-corrected chi connectivity index (χ2v) is 2.98. The number of nitrogens with zero attached hydrogens (tertiary/aromatic N) is 1. The largest absolute Gasteiger partial charge is 0.324 e. The molecule has 1 aromatic rings. The summed E-state index contributed by atoms with van der Waals surface area (Å²) >= 11 is 0. The van der Waals surface area contributed by atoms with Crippen molar-refractivity contribution in [2.75, 3.05) is 11.9 Å². The van der Waals surface area contributed by atoms with Gasteiger partial charge in [0, 0.05) is 5.69 Å². The van der Waals surface area contributed by atoms with E-state index in [2.05, 4.69) is 21.9 Å². The smallest absolute Gasteiger partial charge is 0.220 e. The minimum atomic E-state index is 0.613. The van der Waals surface area contributed by atoms with Crippen LogP contribution in [0.15, 0.2) is 29.3 Å². The van der Waals surface area contributed by atoms with E-state index in [0.717, 1.165) is 5.69 Å². The molecule has 0 aliphatic carbocycles. The maximum atomic E-state index is 5.04. The van der Waals surface area contributed by atoms with E-state index in [-0.39, 0.29) is 0 Å². The number of hydroxylamine groups is 1. The number of rotatable bonds is 2. The fraction of sp³-hybridized carbons (Fsp3) is 0.300. The molecule has 74 valence electrons. The minimum Gasteiger partial charge on any atom is -0.324 e. The van der Waals surface area contributed by atoms with Crippen LogP contribution in [0.2, 0.25) is 0 Å². The molecule has 0 aromatic heterocycles. The molecule has 1 heterocycles. The fourth-order valence-corrected chi connectivity index (χ4v) is 1.31. The molecule has 0 bridgehead atoms. The van der Waals surface area contributed by atoms with Crippen molar-refractivity contribution in [1.82, 2.24) is 5.48 Å². The summed E-state index contributed by atoms with van der Waals surface area (Å²) in [6.07, 6.45) is 0. The lowest BCUT2D eigenvalue weighted by molar-refractivity contribution is 0.0964. The molecule has 4 heteroatoms. The number of para-hydroxylation sites is 1. The van der Waals surface area contributed by atoms with Crippen LogP contribution in [0, 0.1) is 0 Å². The molecule has 0 atom stereocenters. The zero-order valence-electron chi connectivity index (χ0n) is 8.08. The number of hydrogen-bond acceptors (Lipinski definition) is 4. The fourth-order valence-electron chi connectivity index (χ4n) is 1.31. The highest BCUT2D eigenvalue weighted by atomic mass is 16.6. The maximum absolute atomic E-state index is 5.04. The molecule has 1 aromatic carbocycles. The van der Waals surface area contributed by atoms with Crippen molar-refractivity contribution in [3.63, 3.8) is 0 Å². The monoisotopic (exact) mass is 191 g/mol. The van der Waals surface area contributed by atoms with Gasteiger partial charge in [-0.1, -0.05) is 18.2 Å². The summed E-state index contributed by atoms with van der Waals surface area (Å²) in [5.41, 5.74) is 5.04. The van der Waals surface area contributed by atoms with Crippen LogP contribution in [0.5, 0.6) is 0 Å². The average Bonchev–Trinajstić information content (AvgIpc) is 2.26. The number of fused-ring (bicyclic) bond motifs is 1. The summed E-state index contributed by atoms with van der Waals surface area (Å²) < 4.78 is 0. The van der Waals surface area contributed by atoms with Gasteiger partial charge in [-0.25, -0.2) is 10.5 Å². The number of nitrogens with one attached hydrogen (secondary N) is 2. The number of guanidine groups is 1. The Morgan fingerprint density at radius 3 is 3.21 bits per heavy atom. The van der Waals surface area contributed by atoms with E-state index in [1.54, 1.807) is 0 Å². The summed E-state index contributed by atoms with van der Waals surface area (Å²) in [5, 5.41) is 3.15. The van der Waals surface area contributed by atoms with Crippen molar-refractivity contribution < 1.29 is 4.84 Å². The van der Waals surface area contributed by atoms with Crippen molar-refractivity contribution in [3.8, 4) is 0 Å². The molecule has 0 fully saturated rings. The van der Waals surface area contributed by atoms with Gasteiger partial charge in [0.2, 0.25) is 5.96 Å². The molecule has 0 saturated heterocycles. The molecular formula is C10H13N3O. The first-order valence-electron chi connectivity index (χ1n) is 4.67. The van der Waals surface area contributed by atoms with Gasteiger partial charge in [-0.2, -0.15) is 0 Å². The molecule has 4 nitrogen and oxygen atoms in total. The molecule has 0 amide bonds. The van der Waals surface area contributed by atoms with Crippen molar-refractivity contribution in [2.45, 2.75) is 13.5 Å². The number of benzene rings is 1. The lowest BCUT2D eigenvalue weighted by atomic mass is 10.1. The highest BCUT2D eigenvalue weighted by Gasteiger charge is 2.09. The summed E-state index contributed by atoms with van der Waals surface area (Å²) in [4.78, 5) is 9.32. The van der Waals surface area contributed by atoms with Gasteiger partial charge in [-0.05, 0) is 18.6 Å². The Labute approximate surface area is 82.9 Å². The van der Waals surface area contributed by atoms with E-state index in [4.69, 9.17) is 4.84 Å². The summed E-state index contributed by atoms with van der Waals surface area (Å²) in [6, 6.07) is 8.09. The third-order valence-corrected chi connectivity index (χ3v) is 1.99. The van der Waals surface area contributed by atoms with Gasteiger partial charge in [-0.3, -0.25) is 4.84 Å². The van der Waals surface area contributed by atoms with E-state index in [9.17, 15) is 0 Å². The van der Waals surface area contributed by atoms with Crippen molar-refractivity contribution in [3.05, 3.63) is 29.8 Å². The van der Waals surface area contributed by atoms with Gasteiger partial charge >= 0.3 is 0 Å². The van der Waals surface area contributed by atoms with Gasteiger partial charge in [0.05, 0.1) is 13.2 Å². The van der Waals surface area contributed by atoms with Gasteiger partial charge in [0.15, 0.2) is 0 Å². The molecule has 0 unspecified atom stereocenters. The summed E-state index contributed by atoms with van der Waals surface area (Å²) in [6.45, 7) is 3.23. The first kappa shape index (κ1) is 9.02. The van der Waals surface area contributed by atoms with Crippen molar-refractivity contribution >= 4 is 11.6 Å². The van der Waals surface area contributed by atoms with E-state index < -0.39 is 0 Å². The zero-order valence-corrected chi connectivity index (χ0v) is 8.08. The molecule has 0 radical (unpaired) electrons. The minimum absolute atomic E-state index is 0.613. The van der Waals surface area contributed by atoms with Crippen LogP contribution < -0.4 is 10.8 Å². The lowest BCUT2D eigenvalue weighted by Crippen LogP contribution is -2.33. The topological polar surface area (TPSA) is 45.6 Å². The third kappa shape index (κ3) is 1.85. The Kier molecular flexibility index (Phi) is 2.65. The number of anilines is 1. The molecular weight excluding hydrogens is 178 g/mol. The van der Waals surface area contributed by atoms with Crippen LogP contribution in [0.1, 0.15) is 12.5 Å². The molecule has 0 saturated carbocycles. The highest BCUT2D eigenvalue weighted by Crippen LogP contribution is 2.18. The zero-order chi connectivity index (χ0) is 9.80. The SMILES string of the molecule is CCONC1=NCc2ccccc2N1. The standard InChI is InChI=1S/C10H13N3O/c1-2-14-13-10-11-7-8-5-3-4-6-9(8)12-10/h3-6H,2,7H2,1H3,(H2,11,12,13). The normalized spacial score (nSPS) is 13.9. The summed E-state index contributed by atoms with van der Waals surface area (Å²) in [7, 11) is 0. The molecule has 0 spiro atoms. The Balaban J connectivity index is 2.05. The Bertz CT molecular complexity index is 349. The van der Waals surface area contributed by atoms with Crippen LogP contribution in [0.25, 0.3) is 0 Å². The van der Waals surface area contributed by atoms with Gasteiger partial charge in [0.1, 0.15) is 0 Å². The molecule has 1 aliphatic heterocycles. The van der Waals surface area contributed by atoms with E-state index in [1.807, 2.05) is 25.1 Å². The second kappa shape index (κ2) is 4.11. The molecule has 1 aliphatic rings.